The second-order valence-electron chi connectivity index (χ2n) is 4.97. The predicted molar refractivity (Wildman–Crippen MR) is 74.6 cm³/mol. The molecule has 0 aliphatic heterocycles. The Kier molecular flexibility index (Phi) is 9.85. The molecule has 0 fully saturated rings. The summed E-state index contributed by atoms with van der Waals surface area (Å²) in [5, 5.41) is 0. The maximum atomic E-state index is 11.5. The average Bonchev–Trinajstić information content (AvgIpc) is 2.38. The molecule has 0 spiro atoms. The molecule has 1 unspecified atom stereocenters. The lowest BCUT2D eigenvalue weighted by Gasteiger charge is -2.14. The number of esters is 2. The van der Waals surface area contributed by atoms with Crippen LogP contribution in [0.3, 0.4) is 0 Å². The molecule has 0 aliphatic carbocycles. The molecule has 0 saturated heterocycles. The van der Waals surface area contributed by atoms with E-state index in [2.05, 4.69) is 6.92 Å². The van der Waals surface area contributed by atoms with E-state index in [1.54, 1.807) is 0 Å². The van der Waals surface area contributed by atoms with Crippen molar-refractivity contribution in [1.82, 2.24) is 0 Å². The van der Waals surface area contributed by atoms with Gasteiger partial charge < -0.3 is 9.47 Å². The maximum Gasteiger partial charge on any atom is 0.331 e. The van der Waals surface area contributed by atoms with Crippen LogP contribution in [0.5, 0.6) is 0 Å². The summed E-state index contributed by atoms with van der Waals surface area (Å²) >= 11 is 0. The standard InChI is InChI=1S/C15H26O4/c1-5-7-8-13(6-2)19-15(17)10-9-14(16)18-11-12(3)4/h9-10,12-13H,5-8,11H2,1-4H3/b10-9+. The van der Waals surface area contributed by atoms with Gasteiger partial charge in [0.2, 0.25) is 0 Å². The number of hydrogen-bond donors (Lipinski definition) is 0. The van der Waals surface area contributed by atoms with E-state index in [1.807, 2.05) is 20.8 Å². The first-order chi connectivity index (χ1) is 8.99. The number of rotatable bonds is 9. The van der Waals surface area contributed by atoms with Gasteiger partial charge in [0, 0.05) is 12.2 Å². The first kappa shape index (κ1) is 17.7. The fourth-order valence-electron chi connectivity index (χ4n) is 1.41. The molecule has 0 saturated carbocycles. The molecule has 0 heterocycles. The van der Waals surface area contributed by atoms with Crippen LogP contribution < -0.4 is 0 Å². The molecule has 0 aromatic rings. The van der Waals surface area contributed by atoms with Crippen molar-refractivity contribution >= 4 is 11.9 Å². The van der Waals surface area contributed by atoms with Crippen molar-refractivity contribution in [3.8, 4) is 0 Å². The highest BCUT2D eigenvalue weighted by Gasteiger charge is 2.10. The number of carbonyl (C=O) groups excluding carboxylic acids is 2. The van der Waals surface area contributed by atoms with Crippen LogP contribution in [0.4, 0.5) is 0 Å². The van der Waals surface area contributed by atoms with Gasteiger partial charge in [-0.3, -0.25) is 0 Å². The van der Waals surface area contributed by atoms with Gasteiger partial charge in [-0.2, -0.15) is 0 Å². The second kappa shape index (κ2) is 10.6. The predicted octanol–water partition coefficient (Wildman–Crippen LogP) is 3.25. The van der Waals surface area contributed by atoms with Gasteiger partial charge in [-0.05, 0) is 18.8 Å². The zero-order valence-corrected chi connectivity index (χ0v) is 12.5. The van der Waals surface area contributed by atoms with Crippen LogP contribution >= 0.6 is 0 Å². The molecule has 1 atom stereocenters. The van der Waals surface area contributed by atoms with Crippen molar-refractivity contribution in [3.63, 3.8) is 0 Å². The first-order valence-electron chi connectivity index (χ1n) is 7.05. The highest BCUT2D eigenvalue weighted by atomic mass is 16.5. The molecule has 0 rings (SSSR count). The summed E-state index contributed by atoms with van der Waals surface area (Å²) in [6.45, 7) is 8.33. The summed E-state index contributed by atoms with van der Waals surface area (Å²) in [6, 6.07) is 0. The third-order valence-corrected chi connectivity index (χ3v) is 2.53. The molecule has 0 aromatic heterocycles. The molecule has 4 nitrogen and oxygen atoms in total. The molecule has 4 heteroatoms. The third-order valence-electron chi connectivity index (χ3n) is 2.53. The van der Waals surface area contributed by atoms with Crippen LogP contribution in [-0.2, 0) is 19.1 Å². The van der Waals surface area contributed by atoms with E-state index >= 15 is 0 Å². The molecule has 0 aromatic carbocycles. The van der Waals surface area contributed by atoms with Gasteiger partial charge in [0.1, 0.15) is 6.10 Å². The Labute approximate surface area is 116 Å². The van der Waals surface area contributed by atoms with Gasteiger partial charge in [-0.15, -0.1) is 0 Å². The lowest BCUT2D eigenvalue weighted by Crippen LogP contribution is -2.16. The number of unbranched alkanes of at least 4 members (excludes halogenated alkanes) is 1. The minimum absolute atomic E-state index is 0.0659. The van der Waals surface area contributed by atoms with Crippen LogP contribution in [-0.4, -0.2) is 24.6 Å². The molecule has 0 aliphatic rings. The minimum Gasteiger partial charge on any atom is -0.462 e. The highest BCUT2D eigenvalue weighted by Crippen LogP contribution is 2.09. The zero-order chi connectivity index (χ0) is 14.7. The Bertz CT molecular complexity index is 295. The first-order valence-corrected chi connectivity index (χ1v) is 7.05. The largest absolute Gasteiger partial charge is 0.462 e. The van der Waals surface area contributed by atoms with E-state index in [9.17, 15) is 9.59 Å². The molecule has 0 bridgehead atoms. The van der Waals surface area contributed by atoms with Crippen LogP contribution in [0.2, 0.25) is 0 Å². The van der Waals surface area contributed by atoms with Gasteiger partial charge in [-0.1, -0.05) is 40.5 Å². The molecule has 19 heavy (non-hydrogen) atoms. The van der Waals surface area contributed by atoms with E-state index in [-0.39, 0.29) is 12.0 Å². The van der Waals surface area contributed by atoms with E-state index in [4.69, 9.17) is 9.47 Å². The summed E-state index contributed by atoms with van der Waals surface area (Å²) in [7, 11) is 0. The summed E-state index contributed by atoms with van der Waals surface area (Å²) < 4.78 is 10.2. The Morgan fingerprint density at radius 2 is 1.74 bits per heavy atom. The maximum absolute atomic E-state index is 11.5. The third kappa shape index (κ3) is 10.3. The average molecular weight is 270 g/mol. The van der Waals surface area contributed by atoms with E-state index in [0.717, 1.165) is 37.8 Å². The molecular weight excluding hydrogens is 244 g/mol. The van der Waals surface area contributed by atoms with Crippen molar-refractivity contribution in [2.75, 3.05) is 6.61 Å². The van der Waals surface area contributed by atoms with Crippen molar-refractivity contribution in [1.29, 1.82) is 0 Å². The SMILES string of the molecule is CCCCC(CC)OC(=O)/C=C/C(=O)OCC(C)C. The number of ether oxygens (including phenoxy) is 2. The van der Waals surface area contributed by atoms with Gasteiger partial charge in [0.15, 0.2) is 0 Å². The van der Waals surface area contributed by atoms with Gasteiger partial charge in [0.05, 0.1) is 6.61 Å². The molecule has 0 N–H and O–H groups in total. The fourth-order valence-corrected chi connectivity index (χ4v) is 1.41. The van der Waals surface area contributed by atoms with E-state index in [0.29, 0.717) is 6.61 Å². The van der Waals surface area contributed by atoms with Gasteiger partial charge in [0.25, 0.3) is 0 Å². The lowest BCUT2D eigenvalue weighted by molar-refractivity contribution is -0.144. The summed E-state index contributed by atoms with van der Waals surface area (Å²) in [5.41, 5.74) is 0. The molecule has 0 radical (unpaired) electrons. The normalized spacial score (nSPS) is 12.7. The van der Waals surface area contributed by atoms with Gasteiger partial charge in [-0.25, -0.2) is 9.59 Å². The molecular formula is C15H26O4. The van der Waals surface area contributed by atoms with Crippen LogP contribution in [0, 0.1) is 5.92 Å². The van der Waals surface area contributed by atoms with Crippen LogP contribution in [0.1, 0.15) is 53.4 Å². The Morgan fingerprint density at radius 3 is 2.26 bits per heavy atom. The second-order valence-corrected chi connectivity index (χ2v) is 4.97. The Hall–Kier alpha value is -1.32. The Morgan fingerprint density at radius 1 is 1.11 bits per heavy atom. The minimum atomic E-state index is -0.507. The van der Waals surface area contributed by atoms with Gasteiger partial charge >= 0.3 is 11.9 Å². The van der Waals surface area contributed by atoms with Crippen molar-refractivity contribution in [2.45, 2.75) is 59.5 Å². The summed E-state index contributed by atoms with van der Waals surface area (Å²) in [5.74, 6) is -0.709. The summed E-state index contributed by atoms with van der Waals surface area (Å²) in [6.07, 6.45) is 5.96. The molecule has 0 amide bonds. The highest BCUT2D eigenvalue weighted by molar-refractivity contribution is 5.91. The van der Waals surface area contributed by atoms with E-state index < -0.39 is 11.9 Å². The number of hydrogen-bond acceptors (Lipinski definition) is 4. The van der Waals surface area contributed by atoms with Crippen molar-refractivity contribution < 1.29 is 19.1 Å². The summed E-state index contributed by atoms with van der Waals surface area (Å²) in [4.78, 5) is 22.8. The number of carbonyl (C=O) groups is 2. The monoisotopic (exact) mass is 270 g/mol. The van der Waals surface area contributed by atoms with Crippen molar-refractivity contribution in [3.05, 3.63) is 12.2 Å². The van der Waals surface area contributed by atoms with Crippen molar-refractivity contribution in [2.24, 2.45) is 5.92 Å². The Balaban J connectivity index is 4.03. The lowest BCUT2D eigenvalue weighted by atomic mass is 10.1. The quantitative estimate of drug-likeness (QED) is 0.476. The smallest absolute Gasteiger partial charge is 0.331 e. The molecule has 110 valence electrons. The van der Waals surface area contributed by atoms with E-state index in [1.165, 1.54) is 0 Å². The zero-order valence-electron chi connectivity index (χ0n) is 12.5. The topological polar surface area (TPSA) is 52.6 Å². The fraction of sp³-hybridized carbons (Fsp3) is 0.733. The van der Waals surface area contributed by atoms with Crippen LogP contribution in [0.15, 0.2) is 12.2 Å². The van der Waals surface area contributed by atoms with Crippen LogP contribution in [0.25, 0.3) is 0 Å².